The number of hydrogen-bond acceptors (Lipinski definition) is 2. The standard InChI is InChI=1S/C18H18F3N3O.HI/c1-25-9-10-4-2-3-5-15(10)23-18(22)24-16-8-12(16)11-6-13(19)17(21)14(20)7-11;/h2-7,12,16H,8-9H2,1H3,(H3,22,23,24);1H/t12-,16+;/m0./s1. The second kappa shape index (κ2) is 8.72. The Balaban J connectivity index is 0.00000243. The SMILES string of the molecule is COCc1ccccc1NC(N)=N[C@@H]1C[C@H]1c1cc(F)c(F)c(F)c1.I. The summed E-state index contributed by atoms with van der Waals surface area (Å²) >= 11 is 0. The van der Waals surface area contributed by atoms with E-state index in [4.69, 9.17) is 10.5 Å². The summed E-state index contributed by atoms with van der Waals surface area (Å²) in [5.74, 6) is -3.80. The van der Waals surface area contributed by atoms with Gasteiger partial charge in [0.1, 0.15) is 0 Å². The van der Waals surface area contributed by atoms with Gasteiger partial charge in [-0.3, -0.25) is 0 Å². The van der Waals surface area contributed by atoms with Gasteiger partial charge in [-0.25, -0.2) is 18.2 Å². The molecule has 3 N–H and O–H groups in total. The van der Waals surface area contributed by atoms with E-state index in [9.17, 15) is 13.2 Å². The summed E-state index contributed by atoms with van der Waals surface area (Å²) in [6, 6.07) is 9.34. The van der Waals surface area contributed by atoms with E-state index in [2.05, 4.69) is 10.3 Å². The molecule has 0 spiro atoms. The zero-order chi connectivity index (χ0) is 18.0. The molecule has 140 valence electrons. The van der Waals surface area contributed by atoms with Gasteiger partial charge in [0.05, 0.1) is 12.6 Å². The van der Waals surface area contributed by atoms with E-state index < -0.39 is 17.5 Å². The summed E-state index contributed by atoms with van der Waals surface area (Å²) in [6.07, 6.45) is 0.604. The van der Waals surface area contributed by atoms with Gasteiger partial charge in [0.2, 0.25) is 0 Å². The predicted molar refractivity (Wildman–Crippen MR) is 105 cm³/mol. The van der Waals surface area contributed by atoms with Crippen LogP contribution in [0.3, 0.4) is 0 Å². The Morgan fingerprint density at radius 1 is 1.23 bits per heavy atom. The van der Waals surface area contributed by atoms with Gasteiger partial charge < -0.3 is 15.8 Å². The van der Waals surface area contributed by atoms with Crippen molar-refractivity contribution in [2.75, 3.05) is 12.4 Å². The first-order valence-corrected chi connectivity index (χ1v) is 7.81. The fourth-order valence-corrected chi connectivity index (χ4v) is 2.74. The number of methoxy groups -OCH3 is 1. The number of anilines is 1. The molecule has 0 aromatic heterocycles. The van der Waals surface area contributed by atoms with Crippen LogP contribution in [0.1, 0.15) is 23.5 Å². The van der Waals surface area contributed by atoms with E-state index in [0.717, 1.165) is 23.4 Å². The number of benzene rings is 2. The van der Waals surface area contributed by atoms with E-state index in [1.807, 2.05) is 24.3 Å². The molecule has 0 heterocycles. The lowest BCUT2D eigenvalue weighted by Gasteiger charge is -2.10. The van der Waals surface area contributed by atoms with Crippen molar-refractivity contribution in [2.24, 2.45) is 10.7 Å². The van der Waals surface area contributed by atoms with Crippen molar-refractivity contribution in [3.8, 4) is 0 Å². The number of aliphatic imine (C=N–C) groups is 1. The highest BCUT2D eigenvalue weighted by molar-refractivity contribution is 14.0. The van der Waals surface area contributed by atoms with E-state index in [1.54, 1.807) is 7.11 Å². The first kappa shape index (κ1) is 20.5. The lowest BCUT2D eigenvalue weighted by Crippen LogP contribution is -2.24. The topological polar surface area (TPSA) is 59.6 Å². The molecule has 2 atom stereocenters. The minimum atomic E-state index is -1.46. The molecule has 0 amide bonds. The third-order valence-electron chi connectivity index (χ3n) is 4.08. The van der Waals surface area contributed by atoms with Gasteiger partial charge in [0.15, 0.2) is 23.4 Å². The lowest BCUT2D eigenvalue weighted by atomic mass is 10.1. The summed E-state index contributed by atoms with van der Waals surface area (Å²) in [5, 5.41) is 3.01. The highest BCUT2D eigenvalue weighted by atomic mass is 127. The molecule has 0 saturated heterocycles. The summed E-state index contributed by atoms with van der Waals surface area (Å²) in [6.45, 7) is 0.427. The zero-order valence-corrected chi connectivity index (χ0v) is 16.3. The van der Waals surface area contributed by atoms with Crippen LogP contribution in [0.4, 0.5) is 18.9 Å². The Hall–Kier alpha value is -1.81. The van der Waals surface area contributed by atoms with Crippen LogP contribution in [-0.2, 0) is 11.3 Å². The predicted octanol–water partition coefficient (Wildman–Crippen LogP) is 4.15. The molecule has 4 nitrogen and oxygen atoms in total. The van der Waals surface area contributed by atoms with Crippen LogP contribution in [0.5, 0.6) is 0 Å². The quantitative estimate of drug-likeness (QED) is 0.295. The normalized spacial score (nSPS) is 19.0. The van der Waals surface area contributed by atoms with Crippen molar-refractivity contribution in [3.05, 3.63) is 65.0 Å². The van der Waals surface area contributed by atoms with E-state index in [0.29, 0.717) is 18.6 Å². The Labute approximate surface area is 166 Å². The van der Waals surface area contributed by atoms with Crippen molar-refractivity contribution in [3.63, 3.8) is 0 Å². The molecule has 1 fully saturated rings. The van der Waals surface area contributed by atoms with E-state index in [-0.39, 0.29) is 41.9 Å². The highest BCUT2D eigenvalue weighted by Gasteiger charge is 2.39. The molecular weight excluding hydrogens is 458 g/mol. The monoisotopic (exact) mass is 477 g/mol. The molecular formula is C18H19F3IN3O. The number of nitrogens with one attached hydrogen (secondary N) is 1. The second-order valence-electron chi connectivity index (χ2n) is 5.94. The molecule has 2 aromatic rings. The minimum absolute atomic E-state index is 0. The summed E-state index contributed by atoms with van der Waals surface area (Å²) in [5.41, 5.74) is 8.02. The largest absolute Gasteiger partial charge is 0.380 e. The Morgan fingerprint density at radius 3 is 2.54 bits per heavy atom. The zero-order valence-electron chi connectivity index (χ0n) is 14.0. The van der Waals surface area contributed by atoms with Gasteiger partial charge in [0, 0.05) is 24.3 Å². The fraction of sp³-hybridized carbons (Fsp3) is 0.278. The summed E-state index contributed by atoms with van der Waals surface area (Å²) in [7, 11) is 1.60. The molecule has 1 aliphatic rings. The number of rotatable bonds is 5. The maximum Gasteiger partial charge on any atom is 0.194 e. The fourth-order valence-electron chi connectivity index (χ4n) is 2.74. The molecule has 8 heteroatoms. The Morgan fingerprint density at radius 2 is 1.88 bits per heavy atom. The van der Waals surface area contributed by atoms with Gasteiger partial charge in [-0.05, 0) is 30.2 Å². The first-order valence-electron chi connectivity index (χ1n) is 7.81. The third-order valence-corrected chi connectivity index (χ3v) is 4.08. The molecule has 0 bridgehead atoms. The van der Waals surface area contributed by atoms with Crippen molar-refractivity contribution in [1.29, 1.82) is 0 Å². The second-order valence-corrected chi connectivity index (χ2v) is 5.94. The average Bonchev–Trinajstić information content (AvgIpc) is 3.33. The van der Waals surface area contributed by atoms with E-state index in [1.165, 1.54) is 0 Å². The maximum absolute atomic E-state index is 13.3. The Kier molecular flexibility index (Phi) is 6.87. The van der Waals surface area contributed by atoms with Crippen molar-refractivity contribution in [1.82, 2.24) is 0 Å². The molecule has 2 aromatic carbocycles. The van der Waals surface area contributed by atoms with Gasteiger partial charge >= 0.3 is 0 Å². The van der Waals surface area contributed by atoms with Gasteiger partial charge in [0.25, 0.3) is 0 Å². The van der Waals surface area contributed by atoms with Gasteiger partial charge in [-0.15, -0.1) is 24.0 Å². The van der Waals surface area contributed by atoms with Crippen LogP contribution in [0.25, 0.3) is 0 Å². The molecule has 0 aliphatic heterocycles. The molecule has 3 rings (SSSR count). The molecule has 1 saturated carbocycles. The van der Waals surface area contributed by atoms with Crippen LogP contribution in [0, 0.1) is 17.5 Å². The number of ether oxygens (including phenoxy) is 1. The lowest BCUT2D eigenvalue weighted by molar-refractivity contribution is 0.185. The van der Waals surface area contributed by atoms with Crippen molar-refractivity contribution in [2.45, 2.75) is 25.0 Å². The maximum atomic E-state index is 13.3. The van der Waals surface area contributed by atoms with E-state index >= 15 is 0 Å². The highest BCUT2D eigenvalue weighted by Crippen LogP contribution is 2.44. The summed E-state index contributed by atoms with van der Waals surface area (Å²) in [4.78, 5) is 4.33. The third kappa shape index (κ3) is 4.67. The van der Waals surface area contributed by atoms with Crippen molar-refractivity contribution < 1.29 is 17.9 Å². The molecule has 1 aliphatic carbocycles. The molecule has 26 heavy (non-hydrogen) atoms. The molecule has 0 radical (unpaired) electrons. The number of nitrogens with zero attached hydrogens (tertiary/aromatic N) is 1. The smallest absolute Gasteiger partial charge is 0.194 e. The van der Waals surface area contributed by atoms with Crippen LogP contribution in [-0.4, -0.2) is 19.1 Å². The number of nitrogens with two attached hydrogens (primary N) is 1. The minimum Gasteiger partial charge on any atom is -0.380 e. The van der Waals surface area contributed by atoms with Gasteiger partial charge in [-0.1, -0.05) is 18.2 Å². The number of halogens is 4. The van der Waals surface area contributed by atoms with Crippen LogP contribution >= 0.6 is 24.0 Å². The summed E-state index contributed by atoms with van der Waals surface area (Å²) < 4.78 is 44.8. The van der Waals surface area contributed by atoms with Gasteiger partial charge in [-0.2, -0.15) is 0 Å². The average molecular weight is 477 g/mol. The number of para-hydroxylation sites is 1. The first-order chi connectivity index (χ1) is 12.0. The Bertz CT molecular complexity index is 793. The molecule has 0 unspecified atom stereocenters. The number of guanidine groups is 1. The number of hydrogen-bond donors (Lipinski definition) is 2. The van der Waals surface area contributed by atoms with Crippen molar-refractivity contribution >= 4 is 35.6 Å². The van der Waals surface area contributed by atoms with Crippen LogP contribution in [0.2, 0.25) is 0 Å². The van der Waals surface area contributed by atoms with Crippen LogP contribution in [0.15, 0.2) is 41.4 Å². The van der Waals surface area contributed by atoms with Crippen LogP contribution < -0.4 is 11.1 Å².